The van der Waals surface area contributed by atoms with E-state index in [9.17, 15) is 24.0 Å². The highest BCUT2D eigenvalue weighted by atomic mass is 16.2. The monoisotopic (exact) mass is 829 g/mol. The van der Waals surface area contributed by atoms with Crippen molar-refractivity contribution in [1.82, 2.24) is 31.1 Å². The minimum absolute atomic E-state index is 0.0134. The number of nitrogens with zero attached hydrogens (tertiary/aromatic N) is 2. The fourth-order valence-corrected chi connectivity index (χ4v) is 9.27. The maximum Gasteiger partial charge on any atom is 0.246 e. The Morgan fingerprint density at radius 1 is 0.542 bits per heavy atom. The highest BCUT2D eigenvalue weighted by Crippen LogP contribution is 2.27. The number of nitrogens with one attached hydrogen (secondary N) is 4. The standard InChI is InChI=1S/C48H88N6O5/c1-3-5-7-9-11-13-15-17-19-21-23-25-35-50-44(55)34-33-40(45(56)51-36-26-24-22-20-18-16-14-12-10-8-6-4-2)52-46(57)42-31-28-38-53(42)48(59)43-32-29-39-54(43)47(58)41-30-27-37-49-41/h40-43,49H,3-39H2,1-2H3,(H,50,55)(H,51,56)(H,52,57)/t40-,41-,42-,43-/m0/s1. The Labute approximate surface area is 359 Å². The molecule has 0 aromatic carbocycles. The second kappa shape index (κ2) is 32.1. The molecule has 0 radical (unpaired) electrons. The maximum atomic E-state index is 13.9. The second-order valence-corrected chi connectivity index (χ2v) is 18.0. The summed E-state index contributed by atoms with van der Waals surface area (Å²) in [4.78, 5) is 71.0. The van der Waals surface area contributed by atoms with Gasteiger partial charge in [-0.3, -0.25) is 24.0 Å². The van der Waals surface area contributed by atoms with Crippen molar-refractivity contribution in [1.29, 1.82) is 0 Å². The van der Waals surface area contributed by atoms with Crippen molar-refractivity contribution in [2.45, 2.75) is 243 Å². The van der Waals surface area contributed by atoms with Gasteiger partial charge in [-0.1, -0.05) is 155 Å². The van der Waals surface area contributed by atoms with Crippen molar-refractivity contribution < 1.29 is 24.0 Å². The van der Waals surface area contributed by atoms with Gasteiger partial charge in [-0.25, -0.2) is 0 Å². The summed E-state index contributed by atoms with van der Waals surface area (Å²) in [5.74, 6) is -0.923. The lowest BCUT2D eigenvalue weighted by Gasteiger charge is -2.32. The lowest BCUT2D eigenvalue weighted by molar-refractivity contribution is -0.147. The average Bonchev–Trinajstić information content (AvgIpc) is 4.06. The van der Waals surface area contributed by atoms with Crippen LogP contribution in [0.5, 0.6) is 0 Å². The minimum Gasteiger partial charge on any atom is -0.356 e. The second-order valence-electron chi connectivity index (χ2n) is 18.0. The summed E-state index contributed by atoms with van der Waals surface area (Å²) in [6.07, 6.45) is 34.7. The van der Waals surface area contributed by atoms with Crippen molar-refractivity contribution in [3.63, 3.8) is 0 Å². The Morgan fingerprint density at radius 2 is 1.00 bits per heavy atom. The Bertz CT molecular complexity index is 1180. The highest BCUT2D eigenvalue weighted by molar-refractivity contribution is 5.95. The van der Waals surface area contributed by atoms with E-state index in [0.29, 0.717) is 45.4 Å². The summed E-state index contributed by atoms with van der Waals surface area (Å²) in [6.45, 7) is 7.48. The molecule has 3 fully saturated rings. The van der Waals surface area contributed by atoms with E-state index in [2.05, 4.69) is 35.1 Å². The average molecular weight is 829 g/mol. The molecule has 0 aromatic heterocycles. The lowest BCUT2D eigenvalue weighted by Crippen LogP contribution is -2.57. The summed E-state index contributed by atoms with van der Waals surface area (Å²) < 4.78 is 0. The van der Waals surface area contributed by atoms with E-state index < -0.39 is 18.1 Å². The summed E-state index contributed by atoms with van der Waals surface area (Å²) in [5.41, 5.74) is 0. The van der Waals surface area contributed by atoms with Crippen LogP contribution in [0, 0.1) is 0 Å². The van der Waals surface area contributed by atoms with E-state index in [1.807, 2.05) is 0 Å². The number of likely N-dealkylation sites (tertiary alicyclic amines) is 2. The molecule has 3 heterocycles. The molecule has 3 rings (SSSR count). The first-order chi connectivity index (χ1) is 28.9. The van der Waals surface area contributed by atoms with Crippen molar-refractivity contribution in [3.8, 4) is 0 Å². The molecule has 59 heavy (non-hydrogen) atoms. The SMILES string of the molecule is CCCCCCCCCCCCCCNC(=O)CC[C@H](NC(=O)[C@@H]1CCCN1C(=O)[C@@H]1CCCN1C(=O)[C@@H]1CCCN1)C(=O)NCCCCCCCCCCCCCC. The predicted molar refractivity (Wildman–Crippen MR) is 240 cm³/mol. The molecule has 0 unspecified atom stereocenters. The topological polar surface area (TPSA) is 140 Å². The number of carbonyl (C=O) groups excluding carboxylic acids is 5. The zero-order chi connectivity index (χ0) is 42.3. The van der Waals surface area contributed by atoms with Gasteiger partial charge in [-0.05, 0) is 64.3 Å². The molecular formula is C48H88N6O5. The molecule has 11 nitrogen and oxygen atoms in total. The first kappa shape index (κ1) is 50.7. The molecule has 0 spiro atoms. The van der Waals surface area contributed by atoms with E-state index >= 15 is 0 Å². The van der Waals surface area contributed by atoms with Crippen LogP contribution < -0.4 is 21.3 Å². The Hall–Kier alpha value is -2.69. The van der Waals surface area contributed by atoms with E-state index in [1.165, 1.54) is 122 Å². The van der Waals surface area contributed by atoms with Crippen LogP contribution in [0.2, 0.25) is 0 Å². The molecule has 0 saturated carbocycles. The minimum atomic E-state index is -0.868. The van der Waals surface area contributed by atoms with Crippen molar-refractivity contribution in [2.75, 3.05) is 32.7 Å². The third-order valence-corrected chi connectivity index (χ3v) is 13.0. The number of rotatable bonds is 34. The third kappa shape index (κ3) is 20.6. The van der Waals surface area contributed by atoms with Gasteiger partial charge in [0.25, 0.3) is 0 Å². The normalized spacial score (nSPS) is 19.6. The molecule has 3 aliphatic heterocycles. The van der Waals surface area contributed by atoms with Crippen molar-refractivity contribution >= 4 is 29.5 Å². The Morgan fingerprint density at radius 3 is 1.49 bits per heavy atom. The molecule has 3 aliphatic rings. The smallest absolute Gasteiger partial charge is 0.246 e. The van der Waals surface area contributed by atoms with Gasteiger partial charge in [0.2, 0.25) is 29.5 Å². The highest BCUT2D eigenvalue weighted by Gasteiger charge is 2.44. The van der Waals surface area contributed by atoms with Crippen LogP contribution in [0.1, 0.15) is 219 Å². The molecule has 0 aromatic rings. The number of carbonyl (C=O) groups is 5. The molecule has 0 bridgehead atoms. The third-order valence-electron chi connectivity index (χ3n) is 13.0. The predicted octanol–water partition coefficient (Wildman–Crippen LogP) is 8.62. The first-order valence-electron chi connectivity index (χ1n) is 25.1. The summed E-state index contributed by atoms with van der Waals surface area (Å²) in [6, 6.07) is -2.36. The number of hydrogen-bond donors (Lipinski definition) is 4. The van der Waals surface area contributed by atoms with Gasteiger partial charge in [-0.2, -0.15) is 0 Å². The quantitative estimate of drug-likeness (QED) is 0.0479. The fourth-order valence-electron chi connectivity index (χ4n) is 9.27. The van der Waals surface area contributed by atoms with E-state index in [1.54, 1.807) is 9.80 Å². The van der Waals surface area contributed by atoms with Gasteiger partial charge < -0.3 is 31.1 Å². The number of unbranched alkanes of at least 4 members (excludes halogenated alkanes) is 22. The fraction of sp³-hybridized carbons (Fsp3) is 0.896. The van der Waals surface area contributed by atoms with Crippen molar-refractivity contribution in [3.05, 3.63) is 0 Å². The Kier molecular flexibility index (Phi) is 27.5. The molecular weight excluding hydrogens is 741 g/mol. The molecule has 3 saturated heterocycles. The van der Waals surface area contributed by atoms with Crippen LogP contribution in [0.25, 0.3) is 0 Å². The molecule has 4 atom stereocenters. The molecule has 5 amide bonds. The van der Waals surface area contributed by atoms with Crippen LogP contribution >= 0.6 is 0 Å². The Balaban J connectivity index is 1.43. The van der Waals surface area contributed by atoms with Gasteiger partial charge >= 0.3 is 0 Å². The van der Waals surface area contributed by atoms with E-state index in [4.69, 9.17) is 0 Å². The van der Waals surface area contributed by atoms with Crippen LogP contribution in [-0.2, 0) is 24.0 Å². The zero-order valence-corrected chi connectivity index (χ0v) is 37.9. The lowest BCUT2D eigenvalue weighted by atomic mass is 10.1. The van der Waals surface area contributed by atoms with Crippen LogP contribution in [-0.4, -0.2) is 96.2 Å². The first-order valence-corrected chi connectivity index (χ1v) is 25.1. The van der Waals surface area contributed by atoms with E-state index in [0.717, 1.165) is 57.9 Å². The summed E-state index contributed by atoms with van der Waals surface area (Å²) >= 11 is 0. The molecule has 11 heteroatoms. The van der Waals surface area contributed by atoms with Gasteiger partial charge in [-0.15, -0.1) is 0 Å². The molecule has 340 valence electrons. The van der Waals surface area contributed by atoms with Crippen LogP contribution in [0.3, 0.4) is 0 Å². The van der Waals surface area contributed by atoms with E-state index in [-0.39, 0.29) is 48.4 Å². The van der Waals surface area contributed by atoms with Crippen LogP contribution in [0.4, 0.5) is 0 Å². The van der Waals surface area contributed by atoms with Gasteiger partial charge in [0.05, 0.1) is 6.04 Å². The molecule has 4 N–H and O–H groups in total. The maximum absolute atomic E-state index is 13.9. The molecule has 0 aliphatic carbocycles. The summed E-state index contributed by atoms with van der Waals surface area (Å²) in [7, 11) is 0. The van der Waals surface area contributed by atoms with Gasteiger partial charge in [0.15, 0.2) is 0 Å². The summed E-state index contributed by atoms with van der Waals surface area (Å²) in [5, 5.41) is 12.3. The van der Waals surface area contributed by atoms with Crippen molar-refractivity contribution in [2.24, 2.45) is 0 Å². The van der Waals surface area contributed by atoms with Gasteiger partial charge in [0.1, 0.15) is 18.1 Å². The largest absolute Gasteiger partial charge is 0.356 e. The van der Waals surface area contributed by atoms with Gasteiger partial charge in [0, 0.05) is 32.6 Å². The van der Waals surface area contributed by atoms with Crippen LogP contribution in [0.15, 0.2) is 0 Å². The zero-order valence-electron chi connectivity index (χ0n) is 37.9. The number of hydrogen-bond acceptors (Lipinski definition) is 6. The number of amides is 5.